The molecule has 144 valence electrons. The minimum Gasteiger partial charge on any atom is -0.348 e. The van der Waals surface area contributed by atoms with Crippen molar-refractivity contribution in [3.8, 4) is 17.2 Å². The lowest BCUT2D eigenvalue weighted by Gasteiger charge is -2.14. The topological polar surface area (TPSA) is 110 Å². The second kappa shape index (κ2) is 7.12. The van der Waals surface area contributed by atoms with Crippen LogP contribution in [-0.4, -0.2) is 40.1 Å². The van der Waals surface area contributed by atoms with E-state index in [0.29, 0.717) is 11.8 Å². The Morgan fingerprint density at radius 1 is 1.07 bits per heavy atom. The fourth-order valence-corrected chi connectivity index (χ4v) is 3.19. The molecule has 0 fully saturated rings. The number of rotatable bonds is 5. The lowest BCUT2D eigenvalue weighted by atomic mass is 10.1. The minimum absolute atomic E-state index is 0. The molecule has 29 heavy (non-hydrogen) atoms. The van der Waals surface area contributed by atoms with Gasteiger partial charge < -0.3 is 5.32 Å². The number of hydrogen-bond acceptors (Lipinski definition) is 7. The van der Waals surface area contributed by atoms with E-state index < -0.39 is 0 Å². The van der Waals surface area contributed by atoms with Gasteiger partial charge in [0, 0.05) is 13.2 Å². The molecule has 0 radical (unpaired) electrons. The van der Waals surface area contributed by atoms with Crippen molar-refractivity contribution in [1.29, 1.82) is 0 Å². The van der Waals surface area contributed by atoms with Gasteiger partial charge in [-0.3, -0.25) is 4.57 Å². The van der Waals surface area contributed by atoms with E-state index in [9.17, 15) is 0 Å². The van der Waals surface area contributed by atoms with Crippen LogP contribution in [0.2, 0.25) is 0 Å². The average Bonchev–Trinajstić information content (AvgIpc) is 3.44. The first-order valence-corrected chi connectivity index (χ1v) is 9.14. The Bertz CT molecular complexity index is 1250. The van der Waals surface area contributed by atoms with Gasteiger partial charge in [0.05, 0.1) is 17.1 Å². The van der Waals surface area contributed by atoms with Crippen molar-refractivity contribution in [1.82, 2.24) is 40.1 Å². The van der Waals surface area contributed by atoms with E-state index in [4.69, 9.17) is 0 Å². The zero-order chi connectivity index (χ0) is 19.6. The fraction of sp³-hybridized carbons (Fsp3) is 0.100. The molecule has 5 aromatic rings. The summed E-state index contributed by atoms with van der Waals surface area (Å²) in [5.74, 6) is 1.83. The molecular weight excluding hydrogens is 366 g/mol. The maximum Gasteiger partial charge on any atom is 0.225 e. The third kappa shape index (κ3) is 3.29. The lowest BCUT2D eigenvalue weighted by Crippen LogP contribution is -2.10. The van der Waals surface area contributed by atoms with Gasteiger partial charge in [0.15, 0.2) is 0 Å². The van der Waals surface area contributed by atoms with Gasteiger partial charge >= 0.3 is 0 Å². The summed E-state index contributed by atoms with van der Waals surface area (Å²) in [7, 11) is 0. The second-order valence-electron chi connectivity index (χ2n) is 6.57. The Morgan fingerprint density at radius 3 is 2.79 bits per heavy atom. The maximum atomic E-state index is 4.66. The molecule has 0 amide bonds. The van der Waals surface area contributed by atoms with Crippen LogP contribution < -0.4 is 5.32 Å². The Hall–Kier alpha value is -4.14. The van der Waals surface area contributed by atoms with Crippen molar-refractivity contribution in [2.75, 3.05) is 5.32 Å². The van der Waals surface area contributed by atoms with Crippen LogP contribution in [0.1, 0.15) is 20.0 Å². The van der Waals surface area contributed by atoms with Crippen molar-refractivity contribution in [2.45, 2.75) is 13.0 Å². The number of nitrogens with zero attached hydrogens (tertiary/aromatic N) is 7. The molecule has 0 spiro atoms. The van der Waals surface area contributed by atoms with Gasteiger partial charge in [-0.05, 0) is 42.0 Å². The first kappa shape index (κ1) is 17.0. The molecular formula is C20H19N9. The average molecular weight is 385 g/mol. The molecule has 1 atom stereocenters. The monoisotopic (exact) mass is 385 g/mol. The molecule has 0 aliphatic rings. The molecule has 0 aliphatic carbocycles. The van der Waals surface area contributed by atoms with Gasteiger partial charge in [-0.1, -0.05) is 30.3 Å². The van der Waals surface area contributed by atoms with Crippen molar-refractivity contribution in [2.24, 2.45) is 0 Å². The second-order valence-corrected chi connectivity index (χ2v) is 6.57. The molecule has 2 N–H and O–H groups in total. The van der Waals surface area contributed by atoms with Crippen molar-refractivity contribution < 1.29 is 1.43 Å². The van der Waals surface area contributed by atoms with E-state index in [1.54, 1.807) is 12.5 Å². The Kier molecular flexibility index (Phi) is 4.17. The molecule has 3 heterocycles. The molecule has 0 unspecified atom stereocenters. The van der Waals surface area contributed by atoms with Gasteiger partial charge in [0.2, 0.25) is 11.8 Å². The predicted octanol–water partition coefficient (Wildman–Crippen LogP) is 3.41. The van der Waals surface area contributed by atoms with Crippen LogP contribution in [0, 0.1) is 0 Å². The number of aromatic amines is 1. The lowest BCUT2D eigenvalue weighted by molar-refractivity contribution is 0.854. The molecule has 0 saturated heterocycles. The van der Waals surface area contributed by atoms with E-state index in [2.05, 4.69) is 59.9 Å². The van der Waals surface area contributed by atoms with Crippen LogP contribution in [0.3, 0.4) is 0 Å². The first-order chi connectivity index (χ1) is 14.3. The highest BCUT2D eigenvalue weighted by Crippen LogP contribution is 2.23. The highest BCUT2D eigenvalue weighted by Gasteiger charge is 2.11. The number of aromatic nitrogens is 8. The fourth-order valence-electron chi connectivity index (χ4n) is 3.19. The van der Waals surface area contributed by atoms with Crippen molar-refractivity contribution in [3.05, 3.63) is 72.7 Å². The van der Waals surface area contributed by atoms with Gasteiger partial charge in [-0.25, -0.2) is 9.97 Å². The summed E-state index contributed by atoms with van der Waals surface area (Å²) in [6.07, 6.45) is 3.49. The summed E-state index contributed by atoms with van der Waals surface area (Å²) in [5.41, 5.74) is 3.76. The van der Waals surface area contributed by atoms with Crippen LogP contribution in [0.25, 0.3) is 28.2 Å². The first-order valence-electron chi connectivity index (χ1n) is 9.14. The Morgan fingerprint density at radius 2 is 1.97 bits per heavy atom. The summed E-state index contributed by atoms with van der Waals surface area (Å²) >= 11 is 0. The van der Waals surface area contributed by atoms with Crippen LogP contribution in [0.4, 0.5) is 5.95 Å². The van der Waals surface area contributed by atoms with Crippen LogP contribution >= 0.6 is 0 Å². The molecule has 3 aromatic heterocycles. The summed E-state index contributed by atoms with van der Waals surface area (Å²) < 4.78 is 1.93. The van der Waals surface area contributed by atoms with E-state index in [-0.39, 0.29) is 7.47 Å². The van der Waals surface area contributed by atoms with Gasteiger partial charge in [0.1, 0.15) is 12.1 Å². The minimum atomic E-state index is 0. The molecule has 9 heteroatoms. The molecule has 2 aromatic carbocycles. The van der Waals surface area contributed by atoms with Gasteiger partial charge in [0.25, 0.3) is 0 Å². The van der Waals surface area contributed by atoms with Gasteiger partial charge in [-0.15, -0.1) is 10.2 Å². The third-order valence-corrected chi connectivity index (χ3v) is 4.68. The SMILES string of the molecule is C[C@H](Nc1nccc(-n2cnc3cc(-c4nn[nH]n4)ccc32)n1)c1ccccc1.[HH]. The zero-order valence-electron chi connectivity index (χ0n) is 15.6. The largest absolute Gasteiger partial charge is 0.348 e. The standard InChI is InChI=1S/C20H17N9.H2/c1-13(14-5-3-2-4-6-14)23-20-21-10-9-18(24-20)29-12-22-16-11-15(7-8-17(16)29)19-25-27-28-26-19;/h2-13H,1H3,(H,21,23,24)(H,25,26,27,28);1H/t13-;/m0./s1. The summed E-state index contributed by atoms with van der Waals surface area (Å²) in [6.45, 7) is 2.08. The Balaban J connectivity index is 0.00000218. The highest BCUT2D eigenvalue weighted by molar-refractivity contribution is 5.81. The van der Waals surface area contributed by atoms with E-state index in [1.807, 2.05) is 47.0 Å². The third-order valence-electron chi connectivity index (χ3n) is 4.68. The van der Waals surface area contributed by atoms with E-state index in [0.717, 1.165) is 22.4 Å². The van der Waals surface area contributed by atoms with Gasteiger partial charge in [-0.2, -0.15) is 10.2 Å². The number of H-pyrrole nitrogens is 1. The number of anilines is 1. The van der Waals surface area contributed by atoms with Crippen LogP contribution in [0.5, 0.6) is 0 Å². The number of tetrazole rings is 1. The number of fused-ring (bicyclic) bond motifs is 1. The highest BCUT2D eigenvalue weighted by atomic mass is 15.5. The smallest absolute Gasteiger partial charge is 0.225 e. The number of hydrogen-bond donors (Lipinski definition) is 2. The maximum absolute atomic E-state index is 4.66. The van der Waals surface area contributed by atoms with Crippen molar-refractivity contribution in [3.63, 3.8) is 0 Å². The summed E-state index contributed by atoms with van der Waals surface area (Å²) in [5, 5.41) is 17.4. The Labute approximate surface area is 167 Å². The molecule has 0 aliphatic heterocycles. The summed E-state index contributed by atoms with van der Waals surface area (Å²) in [4.78, 5) is 13.5. The predicted molar refractivity (Wildman–Crippen MR) is 110 cm³/mol. The molecule has 9 nitrogen and oxygen atoms in total. The number of imidazole rings is 1. The van der Waals surface area contributed by atoms with E-state index >= 15 is 0 Å². The molecule has 5 rings (SSSR count). The normalized spacial score (nSPS) is 12.2. The van der Waals surface area contributed by atoms with Crippen molar-refractivity contribution >= 4 is 17.0 Å². The number of benzene rings is 2. The zero-order valence-corrected chi connectivity index (χ0v) is 15.6. The van der Waals surface area contributed by atoms with Crippen LogP contribution in [-0.2, 0) is 0 Å². The van der Waals surface area contributed by atoms with E-state index in [1.165, 1.54) is 5.56 Å². The summed E-state index contributed by atoms with van der Waals surface area (Å²) in [6, 6.07) is 18.0. The number of nitrogens with one attached hydrogen (secondary N) is 2. The molecule has 0 saturated carbocycles. The molecule has 0 bridgehead atoms. The quantitative estimate of drug-likeness (QED) is 0.477. The van der Waals surface area contributed by atoms with Crippen LogP contribution in [0.15, 0.2) is 67.1 Å².